The molecule has 0 aliphatic heterocycles. The number of amides is 1. The van der Waals surface area contributed by atoms with Crippen molar-refractivity contribution in [3.63, 3.8) is 0 Å². The van der Waals surface area contributed by atoms with Crippen molar-refractivity contribution in [2.75, 3.05) is 19.4 Å². The minimum absolute atomic E-state index is 0.0975. The Hall–Kier alpha value is -2.01. The van der Waals surface area contributed by atoms with Crippen molar-refractivity contribution >= 4 is 22.5 Å². The lowest BCUT2D eigenvalue weighted by Gasteiger charge is -2.33. The van der Waals surface area contributed by atoms with Crippen LogP contribution in [0.3, 0.4) is 0 Å². The molecule has 0 radical (unpaired) electrons. The first kappa shape index (κ1) is 13.4. The Morgan fingerprint density at radius 3 is 2.79 bits per heavy atom. The molecule has 5 nitrogen and oxygen atoms in total. The van der Waals surface area contributed by atoms with Crippen LogP contribution in [0.2, 0.25) is 0 Å². The molecule has 0 fully saturated rings. The number of carbonyl (C=O) groups excluding carboxylic acids is 1. The summed E-state index contributed by atoms with van der Waals surface area (Å²) in [7, 11) is 1.68. The summed E-state index contributed by atoms with van der Waals surface area (Å²) in [6.07, 6.45) is 1.68. The largest absolute Gasteiger partial charge is 0.399 e. The second kappa shape index (κ2) is 4.59. The number of rotatable bonds is 3. The zero-order valence-electron chi connectivity index (χ0n) is 11.4. The van der Waals surface area contributed by atoms with E-state index >= 15 is 0 Å². The molecule has 102 valence electrons. The van der Waals surface area contributed by atoms with Crippen LogP contribution in [0.4, 0.5) is 5.69 Å². The average molecular weight is 261 g/mol. The van der Waals surface area contributed by atoms with Gasteiger partial charge in [-0.1, -0.05) is 0 Å². The van der Waals surface area contributed by atoms with Gasteiger partial charge in [0.15, 0.2) is 0 Å². The monoisotopic (exact) mass is 261 g/mol. The molecule has 1 amide bonds. The SMILES string of the molecule is CN(C(=O)c1c[nH]c2ccc(N)cc12)C(C)(C)CO. The molecule has 19 heavy (non-hydrogen) atoms. The summed E-state index contributed by atoms with van der Waals surface area (Å²) in [5.74, 6) is -0.143. The fraction of sp³-hybridized carbons (Fsp3) is 0.357. The number of likely N-dealkylation sites (N-methyl/N-ethyl adjacent to an activating group) is 1. The topological polar surface area (TPSA) is 82.4 Å². The quantitative estimate of drug-likeness (QED) is 0.734. The van der Waals surface area contributed by atoms with E-state index < -0.39 is 5.54 Å². The summed E-state index contributed by atoms with van der Waals surface area (Å²) in [5, 5.41) is 10.1. The Labute approximate surface area is 112 Å². The molecule has 1 aromatic carbocycles. The molecule has 1 aromatic heterocycles. The molecule has 0 atom stereocenters. The maximum absolute atomic E-state index is 12.5. The zero-order valence-corrected chi connectivity index (χ0v) is 11.4. The fourth-order valence-electron chi connectivity index (χ4n) is 1.88. The van der Waals surface area contributed by atoms with Crippen LogP contribution >= 0.6 is 0 Å². The number of nitrogens with zero attached hydrogens (tertiary/aromatic N) is 1. The van der Waals surface area contributed by atoms with Crippen LogP contribution in [0.25, 0.3) is 10.9 Å². The number of H-pyrrole nitrogens is 1. The number of aromatic nitrogens is 1. The number of aliphatic hydroxyl groups excluding tert-OH is 1. The van der Waals surface area contributed by atoms with Crippen LogP contribution in [0.1, 0.15) is 24.2 Å². The number of hydrogen-bond acceptors (Lipinski definition) is 3. The molecule has 0 aliphatic carbocycles. The van der Waals surface area contributed by atoms with Crippen LogP contribution in [0.5, 0.6) is 0 Å². The highest BCUT2D eigenvalue weighted by molar-refractivity contribution is 6.07. The standard InChI is InChI=1S/C14H19N3O2/c1-14(2,8-18)17(3)13(19)11-7-16-12-5-4-9(15)6-10(11)12/h4-7,16,18H,8,15H2,1-3H3. The van der Waals surface area contributed by atoms with E-state index in [1.165, 1.54) is 0 Å². The van der Waals surface area contributed by atoms with Gasteiger partial charge in [-0.25, -0.2) is 0 Å². The number of nitrogens with one attached hydrogen (secondary N) is 1. The lowest BCUT2D eigenvalue weighted by Crippen LogP contribution is -2.47. The van der Waals surface area contributed by atoms with Crippen LogP contribution in [-0.4, -0.2) is 40.1 Å². The van der Waals surface area contributed by atoms with Gasteiger partial charge in [0.05, 0.1) is 17.7 Å². The third-order valence-electron chi connectivity index (χ3n) is 3.54. The molecule has 1 heterocycles. The number of aromatic amines is 1. The average Bonchev–Trinajstić information content (AvgIpc) is 2.79. The van der Waals surface area contributed by atoms with Gasteiger partial charge in [0, 0.05) is 29.8 Å². The van der Waals surface area contributed by atoms with Gasteiger partial charge >= 0.3 is 0 Å². The van der Waals surface area contributed by atoms with Crippen LogP contribution in [0.15, 0.2) is 24.4 Å². The second-order valence-corrected chi connectivity index (χ2v) is 5.34. The maximum atomic E-state index is 12.5. The molecule has 5 heteroatoms. The fourth-order valence-corrected chi connectivity index (χ4v) is 1.88. The molecule has 0 saturated carbocycles. The van der Waals surface area contributed by atoms with Gasteiger partial charge in [-0.2, -0.15) is 0 Å². The summed E-state index contributed by atoms with van der Waals surface area (Å²) >= 11 is 0. The van der Waals surface area contributed by atoms with Gasteiger partial charge in [-0.3, -0.25) is 4.79 Å². The molecule has 0 aliphatic rings. The number of fused-ring (bicyclic) bond motifs is 1. The number of nitrogens with two attached hydrogens (primary N) is 1. The van der Waals surface area contributed by atoms with Gasteiger partial charge in [0.25, 0.3) is 5.91 Å². The Morgan fingerprint density at radius 2 is 2.16 bits per heavy atom. The summed E-state index contributed by atoms with van der Waals surface area (Å²) in [6.45, 7) is 3.53. The molecule has 0 saturated heterocycles. The van der Waals surface area contributed by atoms with Crippen LogP contribution in [0, 0.1) is 0 Å². The summed E-state index contributed by atoms with van der Waals surface area (Å²) in [6, 6.07) is 5.41. The van der Waals surface area contributed by atoms with E-state index in [9.17, 15) is 9.90 Å². The first-order chi connectivity index (χ1) is 8.86. The molecule has 2 rings (SSSR count). The second-order valence-electron chi connectivity index (χ2n) is 5.34. The number of hydrogen-bond donors (Lipinski definition) is 3. The van der Waals surface area contributed by atoms with Crippen molar-refractivity contribution in [1.82, 2.24) is 9.88 Å². The smallest absolute Gasteiger partial charge is 0.256 e. The van der Waals surface area contributed by atoms with Crippen molar-refractivity contribution in [1.29, 1.82) is 0 Å². The van der Waals surface area contributed by atoms with Gasteiger partial charge in [-0.05, 0) is 32.0 Å². The third-order valence-corrected chi connectivity index (χ3v) is 3.54. The predicted molar refractivity (Wildman–Crippen MR) is 76.0 cm³/mol. The van der Waals surface area contributed by atoms with Crippen molar-refractivity contribution in [2.45, 2.75) is 19.4 Å². The van der Waals surface area contributed by atoms with Crippen molar-refractivity contribution in [2.24, 2.45) is 0 Å². The molecule has 2 aromatic rings. The van der Waals surface area contributed by atoms with Gasteiger partial charge < -0.3 is 20.7 Å². The Kier molecular flexibility index (Phi) is 3.24. The predicted octanol–water partition coefficient (Wildman–Crippen LogP) is 1.59. The van der Waals surface area contributed by atoms with Gasteiger partial charge in [0.2, 0.25) is 0 Å². The maximum Gasteiger partial charge on any atom is 0.256 e. The van der Waals surface area contributed by atoms with E-state index in [0.29, 0.717) is 11.3 Å². The van der Waals surface area contributed by atoms with Crippen molar-refractivity contribution in [3.05, 3.63) is 30.0 Å². The van der Waals surface area contributed by atoms with Crippen molar-refractivity contribution in [3.8, 4) is 0 Å². The number of nitrogen functional groups attached to an aromatic ring is 1. The summed E-state index contributed by atoms with van der Waals surface area (Å²) in [4.78, 5) is 17.1. The molecule has 0 bridgehead atoms. The lowest BCUT2D eigenvalue weighted by atomic mass is 10.0. The number of aliphatic hydroxyl groups is 1. The molecule has 0 spiro atoms. The number of carbonyl (C=O) groups is 1. The normalized spacial score (nSPS) is 11.8. The number of anilines is 1. The molecule has 4 N–H and O–H groups in total. The Bertz CT molecular complexity index is 616. The Balaban J connectivity index is 2.45. The highest BCUT2D eigenvalue weighted by atomic mass is 16.3. The van der Waals surface area contributed by atoms with Crippen molar-refractivity contribution < 1.29 is 9.90 Å². The molecule has 0 unspecified atom stereocenters. The summed E-state index contributed by atoms with van der Waals surface area (Å²) in [5.41, 5.74) is 7.20. The first-order valence-electron chi connectivity index (χ1n) is 6.12. The molecular weight excluding hydrogens is 242 g/mol. The van der Waals surface area contributed by atoms with Crippen LogP contribution < -0.4 is 5.73 Å². The van der Waals surface area contributed by atoms with E-state index in [1.54, 1.807) is 30.3 Å². The minimum Gasteiger partial charge on any atom is -0.399 e. The highest BCUT2D eigenvalue weighted by Crippen LogP contribution is 2.24. The van der Waals surface area contributed by atoms with Gasteiger partial charge in [-0.15, -0.1) is 0 Å². The molecular formula is C14H19N3O2. The highest BCUT2D eigenvalue weighted by Gasteiger charge is 2.28. The first-order valence-corrected chi connectivity index (χ1v) is 6.12. The lowest BCUT2D eigenvalue weighted by molar-refractivity contribution is 0.0475. The zero-order chi connectivity index (χ0) is 14.2. The Morgan fingerprint density at radius 1 is 1.47 bits per heavy atom. The van der Waals surface area contributed by atoms with E-state index in [-0.39, 0.29) is 12.5 Å². The summed E-state index contributed by atoms with van der Waals surface area (Å²) < 4.78 is 0. The van der Waals surface area contributed by atoms with Crippen LogP contribution in [-0.2, 0) is 0 Å². The van der Waals surface area contributed by atoms with E-state index in [0.717, 1.165) is 10.9 Å². The van der Waals surface area contributed by atoms with Gasteiger partial charge in [0.1, 0.15) is 0 Å². The van der Waals surface area contributed by atoms with E-state index in [2.05, 4.69) is 4.98 Å². The van der Waals surface area contributed by atoms with E-state index in [1.807, 2.05) is 19.9 Å². The van der Waals surface area contributed by atoms with E-state index in [4.69, 9.17) is 5.73 Å². The third kappa shape index (κ3) is 2.29. The minimum atomic E-state index is -0.610. The number of benzene rings is 1.